The van der Waals surface area contributed by atoms with Crippen molar-refractivity contribution in [1.29, 1.82) is 0 Å². The maximum atomic E-state index is 8.80. The molecule has 0 saturated heterocycles. The molecule has 0 amide bonds. The lowest BCUT2D eigenvalue weighted by Crippen LogP contribution is -2.38. The zero-order valence-corrected chi connectivity index (χ0v) is 8.45. The van der Waals surface area contributed by atoms with Gasteiger partial charge in [0.05, 0.1) is 6.61 Å². The van der Waals surface area contributed by atoms with Crippen LogP contribution in [-0.4, -0.2) is 42.3 Å². The molecule has 3 heteroatoms. The second kappa shape index (κ2) is 6.40. The predicted molar refractivity (Wildman–Crippen MR) is 52.0 cm³/mol. The average molecular weight is 174 g/mol. The van der Waals surface area contributed by atoms with Gasteiger partial charge in [0.2, 0.25) is 0 Å². The summed E-state index contributed by atoms with van der Waals surface area (Å²) in [5, 5.41) is 8.80. The van der Waals surface area contributed by atoms with E-state index in [1.54, 1.807) is 0 Å². The van der Waals surface area contributed by atoms with Crippen LogP contribution in [0.2, 0.25) is 0 Å². The molecule has 0 aromatic rings. The van der Waals surface area contributed by atoms with Crippen LogP contribution in [0.5, 0.6) is 0 Å². The van der Waals surface area contributed by atoms with Crippen molar-refractivity contribution in [3.05, 3.63) is 0 Å². The Morgan fingerprint density at radius 2 is 1.92 bits per heavy atom. The van der Waals surface area contributed by atoms with Gasteiger partial charge in [-0.05, 0) is 26.3 Å². The molecule has 1 unspecified atom stereocenters. The fraction of sp³-hybridized carbons (Fsp3) is 1.00. The van der Waals surface area contributed by atoms with Crippen LogP contribution >= 0.6 is 0 Å². The van der Waals surface area contributed by atoms with Gasteiger partial charge in [0.15, 0.2) is 0 Å². The maximum absolute atomic E-state index is 8.80. The van der Waals surface area contributed by atoms with E-state index in [1.807, 2.05) is 0 Å². The second-order valence-electron chi connectivity index (χ2n) is 3.65. The van der Waals surface area contributed by atoms with Gasteiger partial charge in [-0.3, -0.25) is 4.90 Å². The monoisotopic (exact) mass is 174 g/mol. The summed E-state index contributed by atoms with van der Waals surface area (Å²) in [6.45, 7) is 9.09. The van der Waals surface area contributed by atoms with Gasteiger partial charge in [-0.2, -0.15) is 0 Å². The first-order valence-corrected chi connectivity index (χ1v) is 4.66. The molecule has 1 atom stereocenters. The van der Waals surface area contributed by atoms with E-state index in [1.165, 1.54) is 0 Å². The molecule has 0 bridgehead atoms. The average Bonchev–Trinajstić information content (AvgIpc) is 2.03. The highest BCUT2D eigenvalue weighted by atomic mass is 16.3. The van der Waals surface area contributed by atoms with Crippen molar-refractivity contribution in [2.45, 2.75) is 26.8 Å². The van der Waals surface area contributed by atoms with Crippen LogP contribution in [0.4, 0.5) is 0 Å². The summed E-state index contributed by atoms with van der Waals surface area (Å²) in [6, 6.07) is 0.492. The number of nitrogens with zero attached hydrogens (tertiary/aromatic N) is 1. The highest BCUT2D eigenvalue weighted by molar-refractivity contribution is 4.66. The molecular formula is C9H22N2O. The van der Waals surface area contributed by atoms with Crippen molar-refractivity contribution < 1.29 is 5.11 Å². The molecule has 3 N–H and O–H groups in total. The number of aliphatic hydroxyl groups is 1. The molecule has 0 spiro atoms. The van der Waals surface area contributed by atoms with E-state index in [0.29, 0.717) is 18.5 Å². The van der Waals surface area contributed by atoms with E-state index in [2.05, 4.69) is 25.7 Å². The lowest BCUT2D eigenvalue weighted by molar-refractivity contribution is 0.149. The third-order valence-electron chi connectivity index (χ3n) is 2.07. The molecule has 0 aromatic heterocycles. The van der Waals surface area contributed by atoms with Crippen LogP contribution in [0.15, 0.2) is 0 Å². The third-order valence-corrected chi connectivity index (χ3v) is 2.07. The van der Waals surface area contributed by atoms with Gasteiger partial charge in [-0.15, -0.1) is 0 Å². The molecule has 12 heavy (non-hydrogen) atoms. The van der Waals surface area contributed by atoms with Crippen molar-refractivity contribution in [1.82, 2.24) is 4.90 Å². The number of aliphatic hydroxyl groups excluding tert-OH is 1. The van der Waals surface area contributed by atoms with Gasteiger partial charge in [0.25, 0.3) is 0 Å². The molecule has 0 aromatic carbocycles. The lowest BCUT2D eigenvalue weighted by Gasteiger charge is -2.27. The SMILES string of the molecule is CC(CN)CN(CCO)C(C)C. The minimum absolute atomic E-state index is 0.232. The van der Waals surface area contributed by atoms with Crippen LogP contribution in [0.1, 0.15) is 20.8 Å². The van der Waals surface area contributed by atoms with Gasteiger partial charge >= 0.3 is 0 Å². The fourth-order valence-electron chi connectivity index (χ4n) is 1.16. The number of hydrogen-bond donors (Lipinski definition) is 2. The summed E-state index contributed by atoms with van der Waals surface area (Å²) in [5.74, 6) is 0.513. The standard InChI is InChI=1S/C9H22N2O/c1-8(2)11(4-5-12)7-9(3)6-10/h8-9,12H,4-7,10H2,1-3H3. The highest BCUT2D eigenvalue weighted by Gasteiger charge is 2.11. The molecule has 0 aliphatic rings. The molecule has 0 aliphatic heterocycles. The van der Waals surface area contributed by atoms with E-state index in [-0.39, 0.29) is 6.61 Å². The molecular weight excluding hydrogens is 152 g/mol. The first-order chi connectivity index (χ1) is 5.61. The molecule has 0 aliphatic carbocycles. The Bertz CT molecular complexity index is 107. The maximum Gasteiger partial charge on any atom is 0.0558 e. The minimum atomic E-state index is 0.232. The van der Waals surface area contributed by atoms with Crippen LogP contribution < -0.4 is 5.73 Å². The summed E-state index contributed by atoms with van der Waals surface area (Å²) in [5.41, 5.74) is 5.53. The van der Waals surface area contributed by atoms with Crippen molar-refractivity contribution >= 4 is 0 Å². The smallest absolute Gasteiger partial charge is 0.0558 e. The van der Waals surface area contributed by atoms with Crippen molar-refractivity contribution in [3.8, 4) is 0 Å². The summed E-state index contributed by atoms with van der Waals surface area (Å²) < 4.78 is 0. The quantitative estimate of drug-likeness (QED) is 0.608. The largest absolute Gasteiger partial charge is 0.395 e. The predicted octanol–water partition coefficient (Wildman–Crippen LogP) is 0.284. The highest BCUT2D eigenvalue weighted by Crippen LogP contribution is 2.02. The third kappa shape index (κ3) is 4.70. The minimum Gasteiger partial charge on any atom is -0.395 e. The van der Waals surface area contributed by atoms with E-state index in [9.17, 15) is 0 Å². The van der Waals surface area contributed by atoms with E-state index in [0.717, 1.165) is 13.1 Å². The fourth-order valence-corrected chi connectivity index (χ4v) is 1.16. The van der Waals surface area contributed by atoms with Gasteiger partial charge in [-0.25, -0.2) is 0 Å². The summed E-state index contributed by atoms with van der Waals surface area (Å²) in [6.07, 6.45) is 0. The first kappa shape index (κ1) is 11.9. The number of rotatable bonds is 6. The Balaban J connectivity index is 3.77. The van der Waals surface area contributed by atoms with Crippen LogP contribution in [-0.2, 0) is 0 Å². The van der Waals surface area contributed by atoms with E-state index < -0.39 is 0 Å². The topological polar surface area (TPSA) is 49.5 Å². The van der Waals surface area contributed by atoms with Crippen molar-refractivity contribution in [2.24, 2.45) is 11.7 Å². The van der Waals surface area contributed by atoms with Crippen molar-refractivity contribution in [3.63, 3.8) is 0 Å². The Hall–Kier alpha value is -0.120. The van der Waals surface area contributed by atoms with Gasteiger partial charge < -0.3 is 10.8 Å². The molecule has 3 nitrogen and oxygen atoms in total. The van der Waals surface area contributed by atoms with Crippen LogP contribution in [0, 0.1) is 5.92 Å². The Kier molecular flexibility index (Phi) is 6.34. The van der Waals surface area contributed by atoms with Crippen LogP contribution in [0.25, 0.3) is 0 Å². The van der Waals surface area contributed by atoms with Gasteiger partial charge in [0.1, 0.15) is 0 Å². The number of nitrogens with two attached hydrogens (primary N) is 1. The molecule has 0 heterocycles. The second-order valence-corrected chi connectivity index (χ2v) is 3.65. The molecule has 0 radical (unpaired) electrons. The Morgan fingerprint density at radius 3 is 2.25 bits per heavy atom. The normalized spacial score (nSPS) is 14.2. The van der Waals surface area contributed by atoms with Crippen LogP contribution in [0.3, 0.4) is 0 Å². The summed E-state index contributed by atoms with van der Waals surface area (Å²) in [7, 11) is 0. The zero-order valence-electron chi connectivity index (χ0n) is 8.45. The summed E-state index contributed by atoms with van der Waals surface area (Å²) in [4.78, 5) is 2.25. The van der Waals surface area contributed by atoms with Gasteiger partial charge in [0, 0.05) is 19.1 Å². The Labute approximate surface area is 75.6 Å². The van der Waals surface area contributed by atoms with Crippen molar-refractivity contribution in [2.75, 3.05) is 26.2 Å². The van der Waals surface area contributed by atoms with Gasteiger partial charge in [-0.1, -0.05) is 6.92 Å². The van der Waals surface area contributed by atoms with E-state index >= 15 is 0 Å². The Morgan fingerprint density at radius 1 is 1.33 bits per heavy atom. The molecule has 0 saturated carbocycles. The summed E-state index contributed by atoms with van der Waals surface area (Å²) >= 11 is 0. The lowest BCUT2D eigenvalue weighted by atomic mass is 10.1. The zero-order chi connectivity index (χ0) is 9.56. The molecule has 0 fully saturated rings. The number of hydrogen-bond acceptors (Lipinski definition) is 3. The molecule has 74 valence electrons. The first-order valence-electron chi connectivity index (χ1n) is 4.66. The molecule has 0 rings (SSSR count). The van der Waals surface area contributed by atoms with E-state index in [4.69, 9.17) is 10.8 Å².